The van der Waals surface area contributed by atoms with Crippen LogP contribution in [0.1, 0.15) is 67.2 Å². The standard InChI is InChI=1S/C19H23N5O2S/c25-18(21-13-6-2-1-3-7-13)17(15-8-4-5-11-20-15)24(14-9-10-14)19(26)16-12-27-23-22-16/h4-5,8,11-14,17H,1-3,6-7,9-10H2,(H,21,25)/t17-/m0/s1. The van der Waals surface area contributed by atoms with E-state index < -0.39 is 6.04 Å². The lowest BCUT2D eigenvalue weighted by Crippen LogP contribution is -2.48. The molecule has 2 aliphatic carbocycles. The van der Waals surface area contributed by atoms with Gasteiger partial charge in [-0.3, -0.25) is 14.6 Å². The molecule has 2 aromatic heterocycles. The fourth-order valence-electron chi connectivity index (χ4n) is 3.70. The molecule has 0 radical (unpaired) electrons. The first-order valence-corrected chi connectivity index (χ1v) is 10.4. The Balaban J connectivity index is 1.63. The third-order valence-corrected chi connectivity index (χ3v) is 5.70. The highest BCUT2D eigenvalue weighted by molar-refractivity contribution is 7.03. The Labute approximate surface area is 162 Å². The zero-order chi connectivity index (χ0) is 18.6. The fraction of sp³-hybridized carbons (Fsp3) is 0.526. The predicted molar refractivity (Wildman–Crippen MR) is 101 cm³/mol. The normalized spacial score (nSPS) is 18.7. The van der Waals surface area contributed by atoms with Crippen molar-refractivity contribution in [2.75, 3.05) is 0 Å². The van der Waals surface area contributed by atoms with E-state index >= 15 is 0 Å². The van der Waals surface area contributed by atoms with Gasteiger partial charge in [0.05, 0.1) is 5.69 Å². The van der Waals surface area contributed by atoms with Crippen molar-refractivity contribution in [2.24, 2.45) is 0 Å². The largest absolute Gasteiger partial charge is 0.351 e. The number of carbonyl (C=O) groups is 2. The van der Waals surface area contributed by atoms with Gasteiger partial charge in [0.25, 0.3) is 5.91 Å². The van der Waals surface area contributed by atoms with Crippen molar-refractivity contribution in [3.63, 3.8) is 0 Å². The zero-order valence-corrected chi connectivity index (χ0v) is 15.9. The third-order valence-electron chi connectivity index (χ3n) is 5.20. The van der Waals surface area contributed by atoms with E-state index in [0.717, 1.165) is 50.1 Å². The smallest absolute Gasteiger partial charge is 0.276 e. The van der Waals surface area contributed by atoms with Crippen LogP contribution < -0.4 is 5.32 Å². The minimum atomic E-state index is -0.741. The van der Waals surface area contributed by atoms with Crippen LogP contribution in [0.4, 0.5) is 0 Å². The zero-order valence-electron chi connectivity index (χ0n) is 15.1. The average molecular weight is 385 g/mol. The van der Waals surface area contributed by atoms with Gasteiger partial charge in [-0.05, 0) is 49.3 Å². The number of amides is 2. The van der Waals surface area contributed by atoms with Crippen LogP contribution >= 0.6 is 11.5 Å². The number of nitrogens with zero attached hydrogens (tertiary/aromatic N) is 4. The van der Waals surface area contributed by atoms with Crippen LogP contribution in [0.2, 0.25) is 0 Å². The molecule has 1 N–H and O–H groups in total. The molecule has 2 heterocycles. The molecule has 2 amide bonds. The van der Waals surface area contributed by atoms with Crippen LogP contribution in [0, 0.1) is 0 Å². The molecule has 0 aromatic carbocycles. The van der Waals surface area contributed by atoms with Crippen LogP contribution in [0.15, 0.2) is 29.8 Å². The molecule has 142 valence electrons. The third kappa shape index (κ3) is 4.16. The maximum atomic E-state index is 13.3. The molecule has 2 saturated carbocycles. The summed E-state index contributed by atoms with van der Waals surface area (Å²) in [6, 6.07) is 4.96. The van der Waals surface area contributed by atoms with Crippen LogP contribution in [0.3, 0.4) is 0 Å². The van der Waals surface area contributed by atoms with Crippen LogP contribution in [-0.2, 0) is 4.79 Å². The molecule has 0 bridgehead atoms. The van der Waals surface area contributed by atoms with E-state index in [-0.39, 0.29) is 23.9 Å². The van der Waals surface area contributed by atoms with Gasteiger partial charge in [0.15, 0.2) is 11.7 Å². The maximum absolute atomic E-state index is 13.3. The number of pyridine rings is 1. The summed E-state index contributed by atoms with van der Waals surface area (Å²) in [4.78, 5) is 32.5. The van der Waals surface area contributed by atoms with Crippen molar-refractivity contribution in [1.29, 1.82) is 0 Å². The highest BCUT2D eigenvalue weighted by Gasteiger charge is 2.43. The average Bonchev–Trinajstić information content (AvgIpc) is 3.38. The number of rotatable bonds is 6. The monoisotopic (exact) mass is 385 g/mol. The van der Waals surface area contributed by atoms with E-state index in [1.807, 2.05) is 18.2 Å². The van der Waals surface area contributed by atoms with Gasteiger partial charge in [0.1, 0.15) is 0 Å². The molecule has 2 aliphatic rings. The van der Waals surface area contributed by atoms with E-state index in [0.29, 0.717) is 11.4 Å². The van der Waals surface area contributed by atoms with E-state index in [2.05, 4.69) is 19.9 Å². The summed E-state index contributed by atoms with van der Waals surface area (Å²) >= 11 is 1.14. The van der Waals surface area contributed by atoms with E-state index in [9.17, 15) is 9.59 Å². The van der Waals surface area contributed by atoms with Crippen LogP contribution in [-0.4, -0.2) is 43.4 Å². The second kappa shape index (κ2) is 8.12. The lowest BCUT2D eigenvalue weighted by Gasteiger charge is -2.32. The van der Waals surface area contributed by atoms with Crippen LogP contribution in [0.5, 0.6) is 0 Å². The van der Waals surface area contributed by atoms with Crippen molar-refractivity contribution < 1.29 is 9.59 Å². The van der Waals surface area contributed by atoms with Gasteiger partial charge < -0.3 is 10.2 Å². The molecule has 8 heteroatoms. The minimum Gasteiger partial charge on any atom is -0.351 e. The fourth-order valence-corrected chi connectivity index (χ4v) is 4.13. The Bertz CT molecular complexity index is 773. The summed E-state index contributed by atoms with van der Waals surface area (Å²) in [6.07, 6.45) is 8.93. The SMILES string of the molecule is O=C(NC1CCCCC1)[C@H](c1ccccn1)N(C(=O)c1csnn1)C1CC1. The Morgan fingerprint density at radius 3 is 2.59 bits per heavy atom. The quantitative estimate of drug-likeness (QED) is 0.826. The first kappa shape index (κ1) is 18.0. The molecular formula is C19H23N5O2S. The Morgan fingerprint density at radius 1 is 1.15 bits per heavy atom. The van der Waals surface area contributed by atoms with Gasteiger partial charge in [-0.25, -0.2) is 0 Å². The number of aromatic nitrogens is 3. The first-order chi connectivity index (χ1) is 13.2. The Hall–Kier alpha value is -2.35. The van der Waals surface area contributed by atoms with Crippen LogP contribution in [0.25, 0.3) is 0 Å². The summed E-state index contributed by atoms with van der Waals surface area (Å²) in [5.74, 6) is -0.398. The number of hydrogen-bond donors (Lipinski definition) is 1. The first-order valence-electron chi connectivity index (χ1n) is 9.55. The Kier molecular flexibility index (Phi) is 5.42. The molecular weight excluding hydrogens is 362 g/mol. The van der Waals surface area contributed by atoms with Gasteiger partial charge >= 0.3 is 0 Å². The second-order valence-electron chi connectivity index (χ2n) is 7.23. The Morgan fingerprint density at radius 2 is 1.96 bits per heavy atom. The van der Waals surface area contributed by atoms with Crippen molar-refractivity contribution in [3.05, 3.63) is 41.2 Å². The number of nitrogens with one attached hydrogen (secondary N) is 1. The van der Waals surface area contributed by atoms with Crippen molar-refractivity contribution >= 4 is 23.3 Å². The van der Waals surface area contributed by atoms with Crippen molar-refractivity contribution in [2.45, 2.75) is 63.1 Å². The minimum absolute atomic E-state index is 0.0447. The molecule has 4 rings (SSSR count). The predicted octanol–water partition coefficient (Wildman–Crippen LogP) is 2.73. The summed E-state index contributed by atoms with van der Waals surface area (Å²) in [7, 11) is 0. The highest BCUT2D eigenvalue weighted by Crippen LogP contribution is 2.35. The van der Waals surface area contributed by atoms with Gasteiger partial charge in [-0.2, -0.15) is 0 Å². The van der Waals surface area contributed by atoms with Gasteiger partial charge in [0.2, 0.25) is 5.91 Å². The molecule has 0 aliphatic heterocycles. The molecule has 0 unspecified atom stereocenters. The van der Waals surface area contributed by atoms with Crippen molar-refractivity contribution in [3.8, 4) is 0 Å². The molecule has 2 fully saturated rings. The lowest BCUT2D eigenvalue weighted by molar-refractivity contribution is -0.127. The summed E-state index contributed by atoms with van der Waals surface area (Å²) < 4.78 is 3.80. The summed E-state index contributed by atoms with van der Waals surface area (Å²) in [6.45, 7) is 0. The summed E-state index contributed by atoms with van der Waals surface area (Å²) in [5, 5.41) is 8.73. The number of carbonyl (C=O) groups excluding carboxylic acids is 2. The van der Waals surface area contributed by atoms with Gasteiger partial charge in [-0.15, -0.1) is 5.10 Å². The van der Waals surface area contributed by atoms with E-state index in [4.69, 9.17) is 0 Å². The molecule has 2 aromatic rings. The molecule has 0 saturated heterocycles. The number of hydrogen-bond acceptors (Lipinski definition) is 6. The van der Waals surface area contributed by atoms with E-state index in [1.54, 1.807) is 16.5 Å². The molecule has 0 spiro atoms. The highest BCUT2D eigenvalue weighted by atomic mass is 32.1. The lowest BCUT2D eigenvalue weighted by atomic mass is 9.95. The molecule has 1 atom stereocenters. The van der Waals surface area contributed by atoms with Crippen molar-refractivity contribution in [1.82, 2.24) is 24.8 Å². The molecule has 27 heavy (non-hydrogen) atoms. The van der Waals surface area contributed by atoms with Gasteiger partial charge in [-0.1, -0.05) is 29.8 Å². The second-order valence-corrected chi connectivity index (χ2v) is 7.84. The van der Waals surface area contributed by atoms with Gasteiger partial charge in [0, 0.05) is 23.7 Å². The summed E-state index contributed by atoms with van der Waals surface area (Å²) in [5.41, 5.74) is 0.882. The van der Waals surface area contributed by atoms with E-state index in [1.165, 1.54) is 6.42 Å². The maximum Gasteiger partial charge on any atom is 0.276 e. The molecule has 7 nitrogen and oxygen atoms in total. The topological polar surface area (TPSA) is 88.1 Å².